The van der Waals surface area contributed by atoms with Crippen molar-refractivity contribution in [1.82, 2.24) is 10.3 Å². The highest BCUT2D eigenvalue weighted by atomic mass is 79.9. The zero-order chi connectivity index (χ0) is 13.0. The molecule has 3 nitrogen and oxygen atoms in total. The summed E-state index contributed by atoms with van der Waals surface area (Å²) >= 11 is 4.94. The van der Waals surface area contributed by atoms with Crippen molar-refractivity contribution in [3.63, 3.8) is 0 Å². The first-order chi connectivity index (χ1) is 8.69. The Balaban J connectivity index is 1.94. The molecule has 0 radical (unpaired) electrons. The van der Waals surface area contributed by atoms with Gasteiger partial charge in [-0.2, -0.15) is 0 Å². The van der Waals surface area contributed by atoms with Crippen molar-refractivity contribution in [2.75, 3.05) is 0 Å². The number of carbonyl (C=O) groups excluding carboxylic acids is 1. The Morgan fingerprint density at radius 1 is 1.39 bits per heavy atom. The molecule has 94 valence electrons. The Morgan fingerprint density at radius 2 is 2.11 bits per heavy atom. The lowest BCUT2D eigenvalue weighted by Crippen LogP contribution is -2.22. The van der Waals surface area contributed by atoms with Gasteiger partial charge in [-0.3, -0.25) is 4.79 Å². The number of thiazole rings is 1. The summed E-state index contributed by atoms with van der Waals surface area (Å²) in [6.07, 6.45) is 0. The van der Waals surface area contributed by atoms with E-state index in [0.717, 1.165) is 21.6 Å². The van der Waals surface area contributed by atoms with Gasteiger partial charge in [-0.05, 0) is 24.6 Å². The lowest BCUT2D eigenvalue weighted by atomic mass is 10.1. The fourth-order valence-electron chi connectivity index (χ4n) is 1.49. The molecular formula is C13H13BrN2OS. The van der Waals surface area contributed by atoms with E-state index in [4.69, 9.17) is 0 Å². The van der Waals surface area contributed by atoms with Crippen LogP contribution in [-0.2, 0) is 11.9 Å². The largest absolute Gasteiger partial charge is 0.346 e. The molecule has 0 saturated heterocycles. The van der Waals surface area contributed by atoms with Crippen LogP contribution in [0.1, 0.15) is 26.6 Å². The van der Waals surface area contributed by atoms with Gasteiger partial charge in [0.25, 0.3) is 5.91 Å². The molecule has 0 fully saturated rings. The van der Waals surface area contributed by atoms with E-state index in [1.807, 2.05) is 36.6 Å². The summed E-state index contributed by atoms with van der Waals surface area (Å²) in [6.45, 7) is 2.43. The summed E-state index contributed by atoms with van der Waals surface area (Å²) in [5, 5.41) is 6.57. The quantitative estimate of drug-likeness (QED) is 0.877. The molecular weight excluding hydrogens is 312 g/mol. The zero-order valence-corrected chi connectivity index (χ0v) is 12.3. The number of amides is 1. The second kappa shape index (κ2) is 6.11. The molecule has 0 aliphatic heterocycles. The predicted molar refractivity (Wildman–Crippen MR) is 77.1 cm³/mol. The molecule has 1 aromatic carbocycles. The van der Waals surface area contributed by atoms with Crippen molar-refractivity contribution in [2.24, 2.45) is 0 Å². The molecule has 0 atom stereocenters. The topological polar surface area (TPSA) is 42.0 Å². The number of benzene rings is 1. The summed E-state index contributed by atoms with van der Waals surface area (Å²) < 4.78 is 0. The number of hydrogen-bond acceptors (Lipinski definition) is 3. The minimum atomic E-state index is -0.0658. The third-order valence-electron chi connectivity index (χ3n) is 2.44. The van der Waals surface area contributed by atoms with Gasteiger partial charge < -0.3 is 5.32 Å². The van der Waals surface area contributed by atoms with Gasteiger partial charge in [-0.1, -0.05) is 28.1 Å². The Kier molecular flexibility index (Phi) is 4.49. The van der Waals surface area contributed by atoms with Crippen LogP contribution in [0.15, 0.2) is 29.6 Å². The molecule has 0 saturated carbocycles. The van der Waals surface area contributed by atoms with Gasteiger partial charge in [0, 0.05) is 22.0 Å². The van der Waals surface area contributed by atoms with Crippen molar-refractivity contribution in [3.8, 4) is 0 Å². The minimum Gasteiger partial charge on any atom is -0.346 e. The predicted octanol–water partition coefficient (Wildman–Crippen LogP) is 3.28. The Hall–Kier alpha value is -1.20. The van der Waals surface area contributed by atoms with E-state index in [1.165, 1.54) is 0 Å². The van der Waals surface area contributed by atoms with Crippen LogP contribution in [-0.4, -0.2) is 10.9 Å². The van der Waals surface area contributed by atoms with E-state index in [0.29, 0.717) is 12.1 Å². The zero-order valence-electron chi connectivity index (χ0n) is 9.94. The highest BCUT2D eigenvalue weighted by molar-refractivity contribution is 9.08. The maximum absolute atomic E-state index is 11.9. The van der Waals surface area contributed by atoms with Gasteiger partial charge in [0.15, 0.2) is 0 Å². The number of hydrogen-bond donors (Lipinski definition) is 1. The summed E-state index contributed by atoms with van der Waals surface area (Å²) in [4.78, 5) is 16.2. The number of alkyl halides is 1. The highest BCUT2D eigenvalue weighted by Gasteiger charge is 2.06. The van der Waals surface area contributed by atoms with Crippen LogP contribution >= 0.6 is 27.3 Å². The molecule has 2 aromatic rings. The van der Waals surface area contributed by atoms with Gasteiger partial charge in [-0.15, -0.1) is 11.3 Å². The van der Waals surface area contributed by atoms with Crippen molar-refractivity contribution in [2.45, 2.75) is 18.8 Å². The number of nitrogens with zero attached hydrogens (tertiary/aromatic N) is 1. The number of nitrogens with one attached hydrogen (secondary N) is 1. The van der Waals surface area contributed by atoms with E-state index >= 15 is 0 Å². The molecule has 1 amide bonds. The van der Waals surface area contributed by atoms with Gasteiger partial charge in [-0.25, -0.2) is 4.98 Å². The lowest BCUT2D eigenvalue weighted by Gasteiger charge is -2.03. The number of aryl methyl sites for hydroxylation is 1. The maximum atomic E-state index is 11.9. The van der Waals surface area contributed by atoms with E-state index in [-0.39, 0.29) is 5.91 Å². The molecule has 0 bridgehead atoms. The second-order valence-electron chi connectivity index (χ2n) is 3.90. The molecule has 18 heavy (non-hydrogen) atoms. The van der Waals surface area contributed by atoms with Crippen LogP contribution in [0.4, 0.5) is 0 Å². The first kappa shape index (κ1) is 13.2. The summed E-state index contributed by atoms with van der Waals surface area (Å²) in [7, 11) is 0. The number of carbonyl (C=O) groups is 1. The Morgan fingerprint density at radius 3 is 2.67 bits per heavy atom. The number of aromatic nitrogens is 1. The highest BCUT2D eigenvalue weighted by Crippen LogP contribution is 2.10. The number of halogens is 1. The van der Waals surface area contributed by atoms with Gasteiger partial charge in [0.05, 0.1) is 6.54 Å². The fraction of sp³-hybridized carbons (Fsp3) is 0.231. The summed E-state index contributed by atoms with van der Waals surface area (Å²) in [6, 6.07) is 7.55. The minimum absolute atomic E-state index is 0.0658. The van der Waals surface area contributed by atoms with Gasteiger partial charge in [0.1, 0.15) is 5.01 Å². The van der Waals surface area contributed by atoms with Crippen LogP contribution in [0.3, 0.4) is 0 Å². The first-order valence-corrected chi connectivity index (χ1v) is 7.53. The van der Waals surface area contributed by atoms with Crippen LogP contribution in [0.2, 0.25) is 0 Å². The summed E-state index contributed by atoms with van der Waals surface area (Å²) in [5.41, 5.74) is 2.82. The Bertz CT molecular complexity index is 536. The SMILES string of the molecule is Cc1csc(CNC(=O)c2ccc(CBr)cc2)n1. The molecule has 1 N–H and O–H groups in total. The van der Waals surface area contributed by atoms with Crippen LogP contribution in [0.5, 0.6) is 0 Å². The van der Waals surface area contributed by atoms with Crippen LogP contribution in [0, 0.1) is 6.92 Å². The standard InChI is InChI=1S/C13H13BrN2OS/c1-9-8-18-12(16-9)7-15-13(17)11-4-2-10(6-14)3-5-11/h2-5,8H,6-7H2,1H3,(H,15,17). The third kappa shape index (κ3) is 3.40. The number of rotatable bonds is 4. The third-order valence-corrected chi connectivity index (χ3v) is 4.05. The molecule has 2 rings (SSSR count). The van der Waals surface area contributed by atoms with E-state index in [9.17, 15) is 4.79 Å². The average molecular weight is 325 g/mol. The second-order valence-corrected chi connectivity index (χ2v) is 5.40. The van der Waals surface area contributed by atoms with Gasteiger partial charge in [0.2, 0.25) is 0 Å². The normalized spacial score (nSPS) is 10.3. The Labute approximate surface area is 118 Å². The molecule has 1 aromatic heterocycles. The van der Waals surface area contributed by atoms with Crippen molar-refractivity contribution in [1.29, 1.82) is 0 Å². The molecule has 0 spiro atoms. The molecule has 0 aliphatic carbocycles. The van der Waals surface area contributed by atoms with Crippen molar-refractivity contribution >= 4 is 33.2 Å². The monoisotopic (exact) mass is 324 g/mol. The van der Waals surface area contributed by atoms with Crippen LogP contribution in [0.25, 0.3) is 0 Å². The van der Waals surface area contributed by atoms with Crippen molar-refractivity contribution in [3.05, 3.63) is 51.5 Å². The summed E-state index contributed by atoms with van der Waals surface area (Å²) in [5.74, 6) is -0.0658. The average Bonchev–Trinajstić information content (AvgIpc) is 2.82. The molecule has 0 aliphatic rings. The first-order valence-electron chi connectivity index (χ1n) is 5.53. The smallest absolute Gasteiger partial charge is 0.251 e. The van der Waals surface area contributed by atoms with Crippen molar-refractivity contribution < 1.29 is 4.79 Å². The maximum Gasteiger partial charge on any atom is 0.251 e. The fourth-order valence-corrected chi connectivity index (χ4v) is 2.57. The van der Waals surface area contributed by atoms with E-state index < -0.39 is 0 Å². The van der Waals surface area contributed by atoms with E-state index in [2.05, 4.69) is 26.2 Å². The van der Waals surface area contributed by atoms with E-state index in [1.54, 1.807) is 11.3 Å². The molecule has 0 unspecified atom stereocenters. The molecule has 5 heteroatoms. The van der Waals surface area contributed by atoms with Gasteiger partial charge >= 0.3 is 0 Å². The lowest BCUT2D eigenvalue weighted by molar-refractivity contribution is 0.0951. The van der Waals surface area contributed by atoms with Crippen LogP contribution < -0.4 is 5.32 Å². The molecule has 1 heterocycles.